The Morgan fingerprint density at radius 3 is 2.40 bits per heavy atom. The molecule has 1 aromatic heterocycles. The molecule has 1 saturated heterocycles. The van der Waals surface area contributed by atoms with E-state index >= 15 is 0 Å². The summed E-state index contributed by atoms with van der Waals surface area (Å²) in [7, 11) is -3.37. The van der Waals surface area contributed by atoms with E-state index in [1.807, 2.05) is 33.0 Å². The molecule has 9 heteroatoms. The number of hydrogen-bond donors (Lipinski definition) is 2. The fourth-order valence-corrected chi connectivity index (χ4v) is 9.69. The van der Waals surface area contributed by atoms with Crippen LogP contribution in [0.25, 0.3) is 0 Å². The zero-order valence-corrected chi connectivity index (χ0v) is 25.5. The van der Waals surface area contributed by atoms with Gasteiger partial charge in [0.25, 0.3) is 0 Å². The molecule has 1 unspecified atom stereocenters. The highest BCUT2D eigenvalue weighted by Gasteiger charge is 2.51. The number of rotatable bonds is 6. The molecule has 6 rings (SSSR count). The summed E-state index contributed by atoms with van der Waals surface area (Å²) in [5.41, 5.74) is 2.35. The number of aliphatic hydroxyl groups is 1. The summed E-state index contributed by atoms with van der Waals surface area (Å²) in [6.45, 7) is 12.6. The van der Waals surface area contributed by atoms with Gasteiger partial charge in [-0.15, -0.1) is 0 Å². The minimum atomic E-state index is -3.37. The average molecular weight is 568 g/mol. The van der Waals surface area contributed by atoms with Crippen molar-refractivity contribution in [3.8, 4) is 0 Å². The van der Waals surface area contributed by atoms with Crippen LogP contribution in [0.3, 0.4) is 0 Å². The largest absolute Gasteiger partial charge is 0.373 e. The number of likely N-dealkylation sites (tertiary alicyclic amines) is 1. The molecule has 2 aromatic rings. The number of benzene rings is 1. The number of aryl methyl sites for hydroxylation is 1. The Bertz CT molecular complexity index is 1370. The first-order valence-corrected chi connectivity index (χ1v) is 16.7. The number of aromatic nitrogens is 2. The first-order valence-electron chi connectivity index (χ1n) is 15.1. The Hall–Kier alpha value is -2.23. The van der Waals surface area contributed by atoms with E-state index in [-0.39, 0.29) is 16.7 Å². The van der Waals surface area contributed by atoms with E-state index in [0.717, 1.165) is 74.2 Å². The highest BCUT2D eigenvalue weighted by molar-refractivity contribution is 7.92. The van der Waals surface area contributed by atoms with Gasteiger partial charge in [-0.25, -0.2) is 13.4 Å². The van der Waals surface area contributed by atoms with E-state index in [4.69, 9.17) is 4.98 Å². The molecule has 2 N–H and O–H groups in total. The third-order valence-corrected chi connectivity index (χ3v) is 12.6. The Morgan fingerprint density at radius 1 is 1.10 bits per heavy atom. The van der Waals surface area contributed by atoms with Gasteiger partial charge < -0.3 is 20.2 Å². The standard InChI is InChI=1S/C31H45N5O3S/c1-20(2)35-14-12-31(13-15-35)17-24(18-31)40(38,39)23-10-11-26(21(3)16-23)33-29-32-19-25-27(34-29)36(22-8-6-7-9-22)28(37)30(25,4)5/h10-11,16,19-20,22,24,28,37H,6-9,12-15,17-18H2,1-5H3,(H,32,33,34). The van der Waals surface area contributed by atoms with Gasteiger partial charge in [0.1, 0.15) is 12.0 Å². The zero-order chi connectivity index (χ0) is 28.4. The van der Waals surface area contributed by atoms with E-state index in [2.05, 4.69) is 33.9 Å². The van der Waals surface area contributed by atoms with Crippen molar-refractivity contribution in [2.24, 2.45) is 5.41 Å². The summed E-state index contributed by atoms with van der Waals surface area (Å²) in [5, 5.41) is 14.2. The molecule has 2 aliphatic heterocycles. The third kappa shape index (κ3) is 4.62. The summed E-state index contributed by atoms with van der Waals surface area (Å²) in [5.74, 6) is 1.26. The Balaban J connectivity index is 1.17. The van der Waals surface area contributed by atoms with Crippen LogP contribution in [0, 0.1) is 12.3 Å². The second-order valence-electron chi connectivity index (χ2n) is 13.7. The highest BCUT2D eigenvalue weighted by Crippen LogP contribution is 2.53. The molecule has 3 fully saturated rings. The number of nitrogens with one attached hydrogen (secondary N) is 1. The van der Waals surface area contributed by atoms with Crippen LogP contribution in [0.5, 0.6) is 0 Å². The zero-order valence-electron chi connectivity index (χ0n) is 24.7. The Labute approximate surface area is 239 Å². The van der Waals surface area contributed by atoms with Crippen molar-refractivity contribution in [3.05, 3.63) is 35.5 Å². The lowest BCUT2D eigenvalue weighted by Crippen LogP contribution is -2.52. The molecule has 2 aliphatic carbocycles. The molecule has 218 valence electrons. The normalized spacial score (nSPS) is 25.0. The van der Waals surface area contributed by atoms with Gasteiger partial charge in [-0.1, -0.05) is 26.7 Å². The molecule has 0 radical (unpaired) electrons. The summed E-state index contributed by atoms with van der Waals surface area (Å²) >= 11 is 0. The molecule has 8 nitrogen and oxygen atoms in total. The molecule has 0 bridgehead atoms. The summed E-state index contributed by atoms with van der Waals surface area (Å²) in [6.07, 6.45) is 9.44. The second-order valence-corrected chi connectivity index (χ2v) is 15.9. The molecule has 4 aliphatic rings. The second kappa shape index (κ2) is 9.95. The monoisotopic (exact) mass is 567 g/mol. The van der Waals surface area contributed by atoms with Crippen molar-refractivity contribution in [1.29, 1.82) is 0 Å². The predicted octanol–water partition coefficient (Wildman–Crippen LogP) is 5.31. The molecular formula is C31H45N5O3S. The summed E-state index contributed by atoms with van der Waals surface area (Å²) in [4.78, 5) is 14.5. The van der Waals surface area contributed by atoms with Crippen LogP contribution >= 0.6 is 0 Å². The number of nitrogens with zero attached hydrogens (tertiary/aromatic N) is 4. The molecular weight excluding hydrogens is 522 g/mol. The van der Waals surface area contributed by atoms with Crippen molar-refractivity contribution < 1.29 is 13.5 Å². The maximum atomic E-state index is 13.5. The van der Waals surface area contributed by atoms with Crippen LogP contribution in [0.4, 0.5) is 17.5 Å². The van der Waals surface area contributed by atoms with Crippen LogP contribution in [-0.2, 0) is 15.3 Å². The topological polar surface area (TPSA) is 98.7 Å². The molecule has 0 amide bonds. The molecule has 3 heterocycles. The van der Waals surface area contributed by atoms with Crippen LogP contribution in [0.1, 0.15) is 90.2 Å². The fraction of sp³-hybridized carbons (Fsp3) is 0.677. The number of sulfone groups is 1. The van der Waals surface area contributed by atoms with Gasteiger partial charge in [-0.05, 0) is 102 Å². The van der Waals surface area contributed by atoms with Gasteiger partial charge in [0.15, 0.2) is 9.84 Å². The van der Waals surface area contributed by atoms with Crippen molar-refractivity contribution >= 4 is 27.3 Å². The first kappa shape index (κ1) is 27.9. The molecule has 1 atom stereocenters. The van der Waals surface area contributed by atoms with Crippen molar-refractivity contribution in [1.82, 2.24) is 14.9 Å². The number of piperidine rings is 1. The molecule has 1 aromatic carbocycles. The first-order chi connectivity index (χ1) is 18.9. The SMILES string of the molecule is Cc1cc(S(=O)(=O)C2CC3(CCN(C(C)C)CC3)C2)ccc1Nc1ncc2c(n1)N(C1CCCC1)C(O)C2(C)C. The van der Waals surface area contributed by atoms with Gasteiger partial charge in [-0.2, -0.15) is 4.98 Å². The maximum Gasteiger partial charge on any atom is 0.229 e. The molecule has 40 heavy (non-hydrogen) atoms. The van der Waals surface area contributed by atoms with Crippen molar-refractivity contribution in [2.75, 3.05) is 23.3 Å². The summed E-state index contributed by atoms with van der Waals surface area (Å²) in [6, 6.07) is 6.19. The number of aliphatic hydroxyl groups excluding tert-OH is 1. The van der Waals surface area contributed by atoms with Crippen LogP contribution in [0.2, 0.25) is 0 Å². The van der Waals surface area contributed by atoms with E-state index in [1.54, 1.807) is 12.1 Å². The minimum Gasteiger partial charge on any atom is -0.373 e. The number of hydrogen-bond acceptors (Lipinski definition) is 8. The quantitative estimate of drug-likeness (QED) is 0.484. The van der Waals surface area contributed by atoms with Crippen LogP contribution in [0.15, 0.2) is 29.3 Å². The van der Waals surface area contributed by atoms with Crippen LogP contribution < -0.4 is 10.2 Å². The Morgan fingerprint density at radius 2 is 1.77 bits per heavy atom. The van der Waals surface area contributed by atoms with Crippen molar-refractivity contribution in [2.45, 2.75) is 120 Å². The van der Waals surface area contributed by atoms with Gasteiger partial charge in [-0.3, -0.25) is 0 Å². The van der Waals surface area contributed by atoms with E-state index in [9.17, 15) is 13.5 Å². The van der Waals surface area contributed by atoms with Gasteiger partial charge in [0.05, 0.1) is 10.1 Å². The van der Waals surface area contributed by atoms with Gasteiger partial charge in [0, 0.05) is 34.9 Å². The lowest BCUT2D eigenvalue weighted by Gasteiger charge is -2.52. The van der Waals surface area contributed by atoms with Crippen LogP contribution in [-0.4, -0.2) is 65.0 Å². The average Bonchev–Trinajstić information content (AvgIpc) is 3.48. The maximum absolute atomic E-state index is 13.5. The third-order valence-electron chi connectivity index (χ3n) is 10.5. The van der Waals surface area contributed by atoms with E-state index in [0.29, 0.717) is 16.9 Å². The Kier molecular flexibility index (Phi) is 6.94. The fourth-order valence-electron chi connectivity index (χ4n) is 7.56. The predicted molar refractivity (Wildman–Crippen MR) is 159 cm³/mol. The minimum absolute atomic E-state index is 0.207. The number of anilines is 3. The highest BCUT2D eigenvalue weighted by atomic mass is 32.2. The summed E-state index contributed by atoms with van der Waals surface area (Å²) < 4.78 is 27.1. The lowest BCUT2D eigenvalue weighted by molar-refractivity contribution is 0.0246. The number of fused-ring (bicyclic) bond motifs is 1. The van der Waals surface area contributed by atoms with Gasteiger partial charge >= 0.3 is 0 Å². The smallest absolute Gasteiger partial charge is 0.229 e. The van der Waals surface area contributed by atoms with Gasteiger partial charge in [0.2, 0.25) is 5.95 Å². The molecule has 2 saturated carbocycles. The van der Waals surface area contributed by atoms with E-state index in [1.165, 1.54) is 12.8 Å². The lowest BCUT2D eigenvalue weighted by atomic mass is 9.63. The van der Waals surface area contributed by atoms with Crippen molar-refractivity contribution in [3.63, 3.8) is 0 Å². The molecule has 1 spiro atoms. The van der Waals surface area contributed by atoms with E-state index < -0.39 is 21.5 Å².